The number of benzene rings is 2. The molecular weight excluding hydrogens is 316 g/mol. The Morgan fingerprint density at radius 3 is 2.52 bits per heavy atom. The quantitative estimate of drug-likeness (QED) is 0.728. The maximum absolute atomic E-state index is 12.5. The van der Waals surface area contributed by atoms with Gasteiger partial charge in [-0.2, -0.15) is 0 Å². The number of carbonyl (C=O) groups excluding carboxylic acids is 2. The molecule has 5 nitrogen and oxygen atoms in total. The van der Waals surface area contributed by atoms with Crippen LogP contribution < -0.4 is 5.32 Å². The Morgan fingerprint density at radius 2 is 1.76 bits per heavy atom. The minimum Gasteiger partial charge on any atom is -0.452 e. The van der Waals surface area contributed by atoms with Crippen molar-refractivity contribution in [3.05, 3.63) is 66.2 Å². The summed E-state index contributed by atoms with van der Waals surface area (Å²) >= 11 is 0. The van der Waals surface area contributed by atoms with Crippen molar-refractivity contribution in [2.75, 3.05) is 13.2 Å². The lowest BCUT2D eigenvalue weighted by Crippen LogP contribution is -2.28. The maximum atomic E-state index is 12.5. The first-order chi connectivity index (χ1) is 12.2. The first-order valence-electron chi connectivity index (χ1n) is 8.08. The topological polar surface area (TPSA) is 68.3 Å². The molecule has 0 atom stereocenters. The number of amides is 1. The van der Waals surface area contributed by atoms with Gasteiger partial charge in [-0.15, -0.1) is 0 Å². The molecule has 0 spiro atoms. The van der Waals surface area contributed by atoms with Gasteiger partial charge in [-0.25, -0.2) is 9.78 Å². The van der Waals surface area contributed by atoms with Gasteiger partial charge in [0.1, 0.15) is 0 Å². The molecule has 1 heterocycles. The summed E-state index contributed by atoms with van der Waals surface area (Å²) < 4.78 is 5.16. The van der Waals surface area contributed by atoms with Gasteiger partial charge in [0, 0.05) is 17.5 Å². The standard InChI is InChI=1S/C20H18N2O3/c1-2-21-19(23)13-25-20(24)16-12-18(14-8-4-3-5-9-14)22-17-11-7-6-10-15(16)17/h3-12H,2,13H2,1H3,(H,21,23). The Kier molecular flexibility index (Phi) is 5.04. The lowest BCUT2D eigenvalue weighted by Gasteiger charge is -2.10. The van der Waals surface area contributed by atoms with Gasteiger partial charge in [0.2, 0.25) is 0 Å². The van der Waals surface area contributed by atoms with Crippen LogP contribution in [-0.4, -0.2) is 30.0 Å². The summed E-state index contributed by atoms with van der Waals surface area (Å²) in [5, 5.41) is 3.30. The lowest BCUT2D eigenvalue weighted by molar-refractivity contribution is -0.124. The molecule has 3 aromatic rings. The molecule has 1 N–H and O–H groups in total. The minimum atomic E-state index is -0.540. The van der Waals surface area contributed by atoms with Gasteiger partial charge in [-0.1, -0.05) is 48.5 Å². The van der Waals surface area contributed by atoms with Crippen LogP contribution in [-0.2, 0) is 9.53 Å². The summed E-state index contributed by atoms with van der Waals surface area (Å²) in [7, 11) is 0. The highest BCUT2D eigenvalue weighted by molar-refractivity contribution is 6.05. The zero-order valence-corrected chi connectivity index (χ0v) is 13.9. The van der Waals surface area contributed by atoms with E-state index in [2.05, 4.69) is 10.3 Å². The molecule has 0 bridgehead atoms. The third-order valence-corrected chi connectivity index (χ3v) is 3.71. The highest BCUT2D eigenvalue weighted by Crippen LogP contribution is 2.25. The molecule has 1 aromatic heterocycles. The smallest absolute Gasteiger partial charge is 0.339 e. The maximum Gasteiger partial charge on any atom is 0.339 e. The highest BCUT2D eigenvalue weighted by atomic mass is 16.5. The van der Waals surface area contributed by atoms with E-state index >= 15 is 0 Å². The number of esters is 1. The van der Waals surface area contributed by atoms with Crippen molar-refractivity contribution in [1.82, 2.24) is 10.3 Å². The number of pyridine rings is 1. The second-order valence-corrected chi connectivity index (χ2v) is 5.47. The zero-order chi connectivity index (χ0) is 17.6. The van der Waals surface area contributed by atoms with Crippen molar-refractivity contribution in [3.8, 4) is 11.3 Å². The van der Waals surface area contributed by atoms with Crippen LogP contribution in [0.5, 0.6) is 0 Å². The molecule has 25 heavy (non-hydrogen) atoms. The number of carbonyl (C=O) groups is 2. The van der Waals surface area contributed by atoms with Gasteiger partial charge in [-0.05, 0) is 19.1 Å². The minimum absolute atomic E-state index is 0.302. The van der Waals surface area contributed by atoms with Crippen LogP contribution in [0, 0.1) is 0 Å². The van der Waals surface area contributed by atoms with Crippen molar-refractivity contribution in [3.63, 3.8) is 0 Å². The Labute approximate surface area is 145 Å². The summed E-state index contributed by atoms with van der Waals surface area (Å²) in [5.74, 6) is -0.862. The zero-order valence-electron chi connectivity index (χ0n) is 13.9. The summed E-state index contributed by atoms with van der Waals surface area (Å²) in [4.78, 5) is 28.7. The van der Waals surface area contributed by atoms with Crippen LogP contribution in [0.15, 0.2) is 60.7 Å². The first kappa shape index (κ1) is 16.6. The fourth-order valence-corrected chi connectivity index (χ4v) is 2.56. The fraction of sp³-hybridized carbons (Fsp3) is 0.150. The number of nitrogens with zero attached hydrogens (tertiary/aromatic N) is 1. The number of fused-ring (bicyclic) bond motifs is 1. The van der Waals surface area contributed by atoms with Crippen LogP contribution in [0.2, 0.25) is 0 Å². The van der Waals surface area contributed by atoms with E-state index in [-0.39, 0.29) is 12.5 Å². The number of hydrogen-bond acceptors (Lipinski definition) is 4. The van der Waals surface area contributed by atoms with E-state index in [1.54, 1.807) is 6.07 Å². The van der Waals surface area contributed by atoms with E-state index in [0.717, 1.165) is 5.56 Å². The van der Waals surface area contributed by atoms with Gasteiger partial charge in [-0.3, -0.25) is 4.79 Å². The summed E-state index contributed by atoms with van der Waals surface area (Å²) in [5.41, 5.74) is 2.69. The van der Waals surface area contributed by atoms with Gasteiger partial charge in [0.15, 0.2) is 6.61 Å². The highest BCUT2D eigenvalue weighted by Gasteiger charge is 2.16. The number of likely N-dealkylation sites (N-methyl/N-ethyl adjacent to an activating group) is 1. The molecule has 0 radical (unpaired) electrons. The molecular formula is C20H18N2O3. The first-order valence-corrected chi connectivity index (χ1v) is 8.08. The predicted molar refractivity (Wildman–Crippen MR) is 96.1 cm³/mol. The predicted octanol–water partition coefficient (Wildman–Crippen LogP) is 3.19. The summed E-state index contributed by atoms with van der Waals surface area (Å²) in [6.45, 7) is 2.00. The largest absolute Gasteiger partial charge is 0.452 e. The van der Waals surface area contributed by atoms with Gasteiger partial charge in [0.05, 0.1) is 16.8 Å². The fourth-order valence-electron chi connectivity index (χ4n) is 2.56. The average Bonchev–Trinajstić information content (AvgIpc) is 2.66. The van der Waals surface area contributed by atoms with Crippen LogP contribution >= 0.6 is 0 Å². The van der Waals surface area contributed by atoms with Crippen LogP contribution in [0.1, 0.15) is 17.3 Å². The summed E-state index contributed by atoms with van der Waals surface area (Å²) in [6, 6.07) is 18.7. The molecule has 0 aliphatic rings. The third kappa shape index (κ3) is 3.83. The average molecular weight is 334 g/mol. The Morgan fingerprint density at radius 1 is 1.04 bits per heavy atom. The molecule has 0 unspecified atom stereocenters. The SMILES string of the molecule is CCNC(=O)COC(=O)c1cc(-c2ccccc2)nc2ccccc12. The van der Waals surface area contributed by atoms with Crippen LogP contribution in [0.25, 0.3) is 22.2 Å². The van der Waals surface area contributed by atoms with E-state index in [1.165, 1.54) is 0 Å². The van der Waals surface area contributed by atoms with E-state index in [1.807, 2.05) is 61.5 Å². The molecule has 5 heteroatoms. The van der Waals surface area contributed by atoms with Crippen molar-refractivity contribution >= 4 is 22.8 Å². The molecule has 1 amide bonds. The van der Waals surface area contributed by atoms with Crippen molar-refractivity contribution in [2.24, 2.45) is 0 Å². The van der Waals surface area contributed by atoms with E-state index in [4.69, 9.17) is 4.74 Å². The molecule has 0 saturated heterocycles. The van der Waals surface area contributed by atoms with E-state index < -0.39 is 5.97 Å². The normalized spacial score (nSPS) is 10.4. The molecule has 0 aliphatic carbocycles. The Hall–Kier alpha value is -3.21. The van der Waals surface area contributed by atoms with Gasteiger partial charge in [0.25, 0.3) is 5.91 Å². The van der Waals surface area contributed by atoms with Crippen molar-refractivity contribution < 1.29 is 14.3 Å². The number of nitrogens with one attached hydrogen (secondary N) is 1. The van der Waals surface area contributed by atoms with E-state index in [9.17, 15) is 9.59 Å². The van der Waals surface area contributed by atoms with Gasteiger partial charge < -0.3 is 10.1 Å². The van der Waals surface area contributed by atoms with Crippen molar-refractivity contribution in [1.29, 1.82) is 0 Å². The molecule has 3 rings (SSSR count). The third-order valence-electron chi connectivity index (χ3n) is 3.71. The number of para-hydroxylation sites is 1. The second kappa shape index (κ2) is 7.57. The van der Waals surface area contributed by atoms with Crippen LogP contribution in [0.4, 0.5) is 0 Å². The Bertz CT molecular complexity index is 907. The summed E-state index contributed by atoms with van der Waals surface area (Å²) in [6.07, 6.45) is 0. The second-order valence-electron chi connectivity index (χ2n) is 5.47. The Balaban J connectivity index is 1.98. The molecule has 2 aromatic carbocycles. The number of hydrogen-bond donors (Lipinski definition) is 1. The molecule has 0 aliphatic heterocycles. The van der Waals surface area contributed by atoms with Crippen LogP contribution in [0.3, 0.4) is 0 Å². The monoisotopic (exact) mass is 334 g/mol. The molecule has 0 saturated carbocycles. The number of ether oxygens (including phenoxy) is 1. The van der Waals surface area contributed by atoms with E-state index in [0.29, 0.717) is 28.7 Å². The molecule has 0 fully saturated rings. The number of rotatable bonds is 5. The lowest BCUT2D eigenvalue weighted by atomic mass is 10.0. The number of aromatic nitrogens is 1. The van der Waals surface area contributed by atoms with Gasteiger partial charge >= 0.3 is 5.97 Å². The van der Waals surface area contributed by atoms with Crippen molar-refractivity contribution in [2.45, 2.75) is 6.92 Å². The molecule has 126 valence electrons.